The highest BCUT2D eigenvalue weighted by Gasteiger charge is 2.23. The molecule has 1 aromatic heterocycles. The SMILES string of the molecule is O=C(NCc1ccc(F)cc1)c1nc2n(c(=O)c1O)CCN(Cc1ccccc1)CC2. The van der Waals surface area contributed by atoms with E-state index in [1.165, 1.54) is 22.3 Å². The molecule has 2 aromatic carbocycles. The van der Waals surface area contributed by atoms with Gasteiger partial charge in [-0.2, -0.15) is 0 Å². The molecule has 0 saturated heterocycles. The van der Waals surface area contributed by atoms with E-state index >= 15 is 0 Å². The van der Waals surface area contributed by atoms with Crippen LogP contribution in [0.25, 0.3) is 0 Å². The number of hydrogen-bond donors (Lipinski definition) is 2. The number of aromatic nitrogens is 2. The lowest BCUT2D eigenvalue weighted by Gasteiger charge is -2.19. The first-order valence-electron chi connectivity index (χ1n) is 10.1. The summed E-state index contributed by atoms with van der Waals surface area (Å²) in [5.41, 5.74) is 0.975. The van der Waals surface area contributed by atoms with Gasteiger partial charge < -0.3 is 10.4 Å². The predicted molar refractivity (Wildman–Crippen MR) is 113 cm³/mol. The third-order valence-corrected chi connectivity index (χ3v) is 5.35. The van der Waals surface area contributed by atoms with Gasteiger partial charge in [-0.25, -0.2) is 9.37 Å². The number of nitrogens with one attached hydrogen (secondary N) is 1. The van der Waals surface area contributed by atoms with Crippen molar-refractivity contribution < 1.29 is 14.3 Å². The molecule has 0 aliphatic carbocycles. The quantitative estimate of drug-likeness (QED) is 0.657. The first kappa shape index (κ1) is 20.7. The molecule has 2 heterocycles. The molecule has 0 radical (unpaired) electrons. The summed E-state index contributed by atoms with van der Waals surface area (Å²) in [5.74, 6) is -1.19. The molecule has 1 amide bonds. The third-order valence-electron chi connectivity index (χ3n) is 5.35. The minimum absolute atomic E-state index is 0.128. The van der Waals surface area contributed by atoms with Gasteiger partial charge in [-0.05, 0) is 23.3 Å². The third kappa shape index (κ3) is 4.80. The van der Waals surface area contributed by atoms with Crippen LogP contribution in [0.4, 0.5) is 4.39 Å². The van der Waals surface area contributed by atoms with Crippen molar-refractivity contribution in [2.24, 2.45) is 0 Å². The lowest BCUT2D eigenvalue weighted by atomic mass is 10.2. The largest absolute Gasteiger partial charge is 0.501 e. The second-order valence-corrected chi connectivity index (χ2v) is 7.50. The molecule has 1 aliphatic rings. The van der Waals surface area contributed by atoms with Crippen molar-refractivity contribution in [2.75, 3.05) is 13.1 Å². The van der Waals surface area contributed by atoms with Crippen molar-refractivity contribution in [3.8, 4) is 5.75 Å². The van der Waals surface area contributed by atoms with Crippen LogP contribution in [0.15, 0.2) is 59.4 Å². The zero-order chi connectivity index (χ0) is 21.8. The monoisotopic (exact) mass is 422 g/mol. The molecule has 2 N–H and O–H groups in total. The van der Waals surface area contributed by atoms with E-state index in [1.54, 1.807) is 12.1 Å². The van der Waals surface area contributed by atoms with Crippen LogP contribution in [-0.2, 0) is 26.1 Å². The van der Waals surface area contributed by atoms with Crippen LogP contribution in [0.1, 0.15) is 27.4 Å². The molecular formula is C23H23FN4O3. The van der Waals surface area contributed by atoms with Crippen molar-refractivity contribution in [1.29, 1.82) is 0 Å². The second-order valence-electron chi connectivity index (χ2n) is 7.50. The Morgan fingerprint density at radius 3 is 2.52 bits per heavy atom. The lowest BCUT2D eigenvalue weighted by Crippen LogP contribution is -2.32. The van der Waals surface area contributed by atoms with E-state index < -0.39 is 17.2 Å². The molecule has 31 heavy (non-hydrogen) atoms. The number of benzene rings is 2. The topological polar surface area (TPSA) is 87.5 Å². The Morgan fingerprint density at radius 1 is 1.03 bits per heavy atom. The van der Waals surface area contributed by atoms with E-state index in [0.717, 1.165) is 6.54 Å². The van der Waals surface area contributed by atoms with Gasteiger partial charge in [-0.1, -0.05) is 42.5 Å². The Labute approximate surface area is 178 Å². The van der Waals surface area contributed by atoms with Crippen molar-refractivity contribution in [3.05, 3.63) is 93.4 Å². The van der Waals surface area contributed by atoms with Crippen LogP contribution in [0.3, 0.4) is 0 Å². The van der Waals surface area contributed by atoms with Crippen LogP contribution in [0, 0.1) is 5.82 Å². The maximum absolute atomic E-state index is 13.0. The Morgan fingerprint density at radius 2 is 1.77 bits per heavy atom. The Kier molecular flexibility index (Phi) is 6.08. The first-order chi connectivity index (χ1) is 15.0. The van der Waals surface area contributed by atoms with E-state index in [9.17, 15) is 19.1 Å². The summed E-state index contributed by atoms with van der Waals surface area (Å²) >= 11 is 0. The van der Waals surface area contributed by atoms with E-state index in [2.05, 4.69) is 27.3 Å². The molecule has 8 heteroatoms. The van der Waals surface area contributed by atoms with E-state index in [4.69, 9.17) is 0 Å². The van der Waals surface area contributed by atoms with Gasteiger partial charge in [0.05, 0.1) is 0 Å². The van der Waals surface area contributed by atoms with Gasteiger partial charge in [0.1, 0.15) is 11.6 Å². The highest BCUT2D eigenvalue weighted by Crippen LogP contribution is 2.15. The summed E-state index contributed by atoms with van der Waals surface area (Å²) in [4.78, 5) is 31.8. The van der Waals surface area contributed by atoms with Crippen LogP contribution < -0.4 is 10.9 Å². The summed E-state index contributed by atoms with van der Waals surface area (Å²) in [5, 5.41) is 13.0. The number of halogens is 1. The van der Waals surface area contributed by atoms with Gasteiger partial charge in [0.15, 0.2) is 5.69 Å². The zero-order valence-electron chi connectivity index (χ0n) is 16.9. The number of carbonyl (C=O) groups is 1. The number of amides is 1. The minimum atomic E-state index is -0.656. The molecule has 0 bridgehead atoms. The summed E-state index contributed by atoms with van der Waals surface area (Å²) in [6, 6.07) is 15.8. The average Bonchev–Trinajstić information content (AvgIpc) is 2.99. The number of hydrogen-bond acceptors (Lipinski definition) is 5. The molecule has 7 nitrogen and oxygen atoms in total. The van der Waals surface area contributed by atoms with Gasteiger partial charge in [0.25, 0.3) is 11.5 Å². The molecule has 160 valence electrons. The highest BCUT2D eigenvalue weighted by molar-refractivity contribution is 5.94. The van der Waals surface area contributed by atoms with Gasteiger partial charge in [-0.3, -0.25) is 19.1 Å². The first-order valence-corrected chi connectivity index (χ1v) is 10.1. The molecule has 0 saturated carbocycles. The van der Waals surface area contributed by atoms with Crippen molar-refractivity contribution in [1.82, 2.24) is 19.8 Å². The molecule has 0 atom stereocenters. The summed E-state index contributed by atoms with van der Waals surface area (Å²) in [6.45, 7) is 2.59. The normalized spacial score (nSPS) is 14.0. The number of carbonyl (C=O) groups excluding carboxylic acids is 1. The van der Waals surface area contributed by atoms with E-state index in [1.807, 2.05) is 18.2 Å². The van der Waals surface area contributed by atoms with Crippen molar-refractivity contribution in [3.63, 3.8) is 0 Å². The summed E-state index contributed by atoms with van der Waals surface area (Å²) in [7, 11) is 0. The Bertz CT molecular complexity index is 1130. The molecule has 1 aliphatic heterocycles. The Balaban J connectivity index is 1.48. The maximum Gasteiger partial charge on any atom is 0.296 e. The molecule has 4 rings (SSSR count). The Hall–Kier alpha value is -3.52. The fraction of sp³-hybridized carbons (Fsp3) is 0.261. The fourth-order valence-corrected chi connectivity index (χ4v) is 3.65. The summed E-state index contributed by atoms with van der Waals surface area (Å²) in [6.07, 6.45) is 0.487. The van der Waals surface area contributed by atoms with Crippen LogP contribution >= 0.6 is 0 Å². The molecular weight excluding hydrogens is 399 g/mol. The zero-order valence-corrected chi connectivity index (χ0v) is 16.9. The maximum atomic E-state index is 13.0. The second kappa shape index (κ2) is 9.09. The standard InChI is InChI=1S/C23H23FN4O3/c24-18-8-6-16(7-9-18)14-25-22(30)20-21(29)23(31)28-13-12-27(11-10-19(28)26-20)15-17-4-2-1-3-5-17/h1-9,29H,10-15H2,(H,25,30). The predicted octanol–water partition coefficient (Wildman–Crippen LogP) is 2.08. The smallest absolute Gasteiger partial charge is 0.296 e. The van der Waals surface area contributed by atoms with Crippen molar-refractivity contribution >= 4 is 5.91 Å². The van der Waals surface area contributed by atoms with Gasteiger partial charge >= 0.3 is 0 Å². The number of nitrogens with zero attached hydrogens (tertiary/aromatic N) is 3. The number of rotatable bonds is 5. The van der Waals surface area contributed by atoms with E-state index in [-0.39, 0.29) is 18.1 Å². The number of aromatic hydroxyl groups is 1. The number of fused-ring (bicyclic) bond motifs is 1. The van der Waals surface area contributed by atoms with Crippen molar-refractivity contribution in [2.45, 2.75) is 26.1 Å². The minimum Gasteiger partial charge on any atom is -0.501 e. The van der Waals surface area contributed by atoms with E-state index in [0.29, 0.717) is 37.4 Å². The van der Waals surface area contributed by atoms with Crippen LogP contribution in [-0.4, -0.2) is 38.6 Å². The van der Waals surface area contributed by atoms with Crippen LogP contribution in [0.2, 0.25) is 0 Å². The van der Waals surface area contributed by atoms with Gasteiger partial charge in [0, 0.05) is 39.1 Å². The molecule has 0 spiro atoms. The molecule has 3 aromatic rings. The lowest BCUT2D eigenvalue weighted by molar-refractivity contribution is 0.0941. The molecule has 0 unspecified atom stereocenters. The highest BCUT2D eigenvalue weighted by atomic mass is 19.1. The fourth-order valence-electron chi connectivity index (χ4n) is 3.65. The summed E-state index contributed by atoms with van der Waals surface area (Å²) < 4.78 is 14.5. The van der Waals surface area contributed by atoms with Crippen LogP contribution in [0.5, 0.6) is 5.75 Å². The van der Waals surface area contributed by atoms with Gasteiger partial charge in [0.2, 0.25) is 5.75 Å². The average molecular weight is 422 g/mol. The van der Waals surface area contributed by atoms with Gasteiger partial charge in [-0.15, -0.1) is 0 Å². The molecule has 0 fully saturated rings.